The predicted molar refractivity (Wildman–Crippen MR) is 117 cm³/mol. The average molecular weight is 425 g/mol. The van der Waals surface area contributed by atoms with Crippen molar-refractivity contribution >= 4 is 23.5 Å². The number of hydrogen-bond donors (Lipinski definition) is 2. The van der Waals surface area contributed by atoms with Gasteiger partial charge in [-0.05, 0) is 43.2 Å². The quantitative estimate of drug-likeness (QED) is 0.403. The first-order valence-corrected chi connectivity index (χ1v) is 10.5. The van der Waals surface area contributed by atoms with Crippen LogP contribution in [0, 0.1) is 0 Å². The van der Waals surface area contributed by atoms with Crippen LogP contribution < -0.4 is 10.1 Å². The Morgan fingerprint density at radius 1 is 1.13 bits per heavy atom. The highest BCUT2D eigenvalue weighted by molar-refractivity contribution is 8.00. The van der Waals surface area contributed by atoms with E-state index >= 15 is 0 Å². The third-order valence-electron chi connectivity index (χ3n) is 4.51. The molecular weight excluding hydrogens is 400 g/mol. The van der Waals surface area contributed by atoms with Crippen LogP contribution in [-0.4, -0.2) is 45.8 Å². The maximum absolute atomic E-state index is 12.8. The Kier molecular flexibility index (Phi) is 7.24. The standard InChI is InChI=1S/C22H24N4O3S/c1-14(20(28)17-6-4-16(5-7-17)12-13-23-15(2)27)30-22-24-21(25-26-22)18-8-10-19(29-3)11-9-18/h4-11,14H,12-13H2,1-3H3,(H,23,27)(H,24,25,26). The van der Waals surface area contributed by atoms with Gasteiger partial charge in [-0.3, -0.25) is 14.7 Å². The summed E-state index contributed by atoms with van der Waals surface area (Å²) in [7, 11) is 1.62. The second kappa shape index (κ2) is 10.1. The minimum atomic E-state index is -0.324. The summed E-state index contributed by atoms with van der Waals surface area (Å²) in [5.74, 6) is 1.38. The number of aromatic nitrogens is 3. The van der Waals surface area contributed by atoms with E-state index < -0.39 is 0 Å². The van der Waals surface area contributed by atoms with Gasteiger partial charge in [0, 0.05) is 24.6 Å². The summed E-state index contributed by atoms with van der Waals surface area (Å²) in [6, 6.07) is 15.0. The van der Waals surface area contributed by atoms with Crippen LogP contribution in [0.1, 0.15) is 29.8 Å². The first-order chi connectivity index (χ1) is 14.5. The van der Waals surface area contributed by atoms with Gasteiger partial charge < -0.3 is 10.1 Å². The zero-order valence-corrected chi connectivity index (χ0v) is 18.0. The Morgan fingerprint density at radius 2 is 1.83 bits per heavy atom. The second-order valence-electron chi connectivity index (χ2n) is 6.75. The lowest BCUT2D eigenvalue weighted by atomic mass is 10.0. The van der Waals surface area contributed by atoms with Crippen LogP contribution in [0.25, 0.3) is 11.4 Å². The van der Waals surface area contributed by atoms with Crippen molar-refractivity contribution in [2.45, 2.75) is 30.7 Å². The molecule has 0 aliphatic rings. The van der Waals surface area contributed by atoms with Gasteiger partial charge in [-0.15, -0.1) is 5.10 Å². The fourth-order valence-corrected chi connectivity index (χ4v) is 3.64. The number of Topliss-reactive ketones (excluding diaryl/α,β-unsaturated/α-hetero) is 1. The number of ketones is 1. The van der Waals surface area contributed by atoms with Gasteiger partial charge in [-0.1, -0.05) is 36.0 Å². The molecule has 0 radical (unpaired) electrons. The zero-order valence-electron chi connectivity index (χ0n) is 17.1. The molecule has 8 heteroatoms. The van der Waals surface area contributed by atoms with Gasteiger partial charge in [0.1, 0.15) is 5.75 Å². The number of amides is 1. The van der Waals surface area contributed by atoms with Crippen molar-refractivity contribution in [3.63, 3.8) is 0 Å². The summed E-state index contributed by atoms with van der Waals surface area (Å²) >= 11 is 1.32. The molecule has 0 fully saturated rings. The highest BCUT2D eigenvalue weighted by atomic mass is 32.2. The number of benzene rings is 2. The van der Waals surface area contributed by atoms with Crippen LogP contribution in [-0.2, 0) is 11.2 Å². The van der Waals surface area contributed by atoms with Crippen molar-refractivity contribution < 1.29 is 14.3 Å². The highest BCUT2D eigenvalue weighted by Crippen LogP contribution is 2.26. The van der Waals surface area contributed by atoms with Gasteiger partial charge >= 0.3 is 0 Å². The van der Waals surface area contributed by atoms with Crippen molar-refractivity contribution in [2.75, 3.05) is 13.7 Å². The molecule has 1 amide bonds. The van der Waals surface area contributed by atoms with Crippen LogP contribution in [0.15, 0.2) is 53.7 Å². The molecule has 0 bridgehead atoms. The molecule has 156 valence electrons. The Bertz CT molecular complexity index is 1000. The number of hydrogen-bond acceptors (Lipinski definition) is 6. The second-order valence-corrected chi connectivity index (χ2v) is 8.06. The van der Waals surface area contributed by atoms with E-state index in [0.29, 0.717) is 23.1 Å². The van der Waals surface area contributed by atoms with E-state index in [2.05, 4.69) is 20.5 Å². The van der Waals surface area contributed by atoms with Gasteiger partial charge in [-0.2, -0.15) is 0 Å². The molecule has 1 atom stereocenters. The van der Waals surface area contributed by atoms with Gasteiger partial charge in [-0.25, -0.2) is 4.98 Å². The van der Waals surface area contributed by atoms with Crippen molar-refractivity contribution in [3.8, 4) is 17.1 Å². The number of aromatic amines is 1. The molecule has 2 N–H and O–H groups in total. The van der Waals surface area contributed by atoms with Crippen LogP contribution >= 0.6 is 11.8 Å². The molecule has 1 heterocycles. The lowest BCUT2D eigenvalue weighted by Crippen LogP contribution is -2.22. The van der Waals surface area contributed by atoms with E-state index in [1.807, 2.05) is 55.5 Å². The Hall–Kier alpha value is -3.13. The number of methoxy groups -OCH3 is 1. The number of nitrogens with zero attached hydrogens (tertiary/aromatic N) is 2. The molecule has 30 heavy (non-hydrogen) atoms. The van der Waals surface area contributed by atoms with E-state index in [-0.39, 0.29) is 16.9 Å². The molecule has 0 saturated carbocycles. The molecule has 0 saturated heterocycles. The molecular formula is C22H24N4O3S. The van der Waals surface area contributed by atoms with E-state index in [4.69, 9.17) is 4.74 Å². The lowest BCUT2D eigenvalue weighted by molar-refractivity contribution is -0.118. The Balaban J connectivity index is 1.58. The summed E-state index contributed by atoms with van der Waals surface area (Å²) < 4.78 is 5.16. The molecule has 3 rings (SSSR count). The summed E-state index contributed by atoms with van der Waals surface area (Å²) in [6.07, 6.45) is 0.726. The fraction of sp³-hybridized carbons (Fsp3) is 0.273. The minimum Gasteiger partial charge on any atom is -0.497 e. The van der Waals surface area contributed by atoms with E-state index in [0.717, 1.165) is 23.3 Å². The van der Waals surface area contributed by atoms with Crippen LogP contribution in [0.2, 0.25) is 0 Å². The third-order valence-corrected chi connectivity index (χ3v) is 5.47. The van der Waals surface area contributed by atoms with Crippen molar-refractivity contribution in [3.05, 3.63) is 59.7 Å². The molecule has 0 aliphatic carbocycles. The Morgan fingerprint density at radius 3 is 2.47 bits per heavy atom. The van der Waals surface area contributed by atoms with E-state index in [1.165, 1.54) is 18.7 Å². The fourth-order valence-electron chi connectivity index (χ4n) is 2.84. The maximum atomic E-state index is 12.8. The largest absolute Gasteiger partial charge is 0.497 e. The molecule has 1 unspecified atom stereocenters. The molecule has 1 aromatic heterocycles. The monoisotopic (exact) mass is 424 g/mol. The smallest absolute Gasteiger partial charge is 0.216 e. The van der Waals surface area contributed by atoms with Gasteiger partial charge in [0.15, 0.2) is 11.6 Å². The number of nitrogens with one attached hydrogen (secondary N) is 2. The summed E-state index contributed by atoms with van der Waals surface area (Å²) in [5.41, 5.74) is 2.60. The molecule has 0 aliphatic heterocycles. The van der Waals surface area contributed by atoms with E-state index in [1.54, 1.807) is 7.11 Å². The van der Waals surface area contributed by atoms with Crippen LogP contribution in [0.4, 0.5) is 0 Å². The highest BCUT2D eigenvalue weighted by Gasteiger charge is 2.19. The number of ether oxygens (including phenoxy) is 1. The molecule has 3 aromatic rings. The first kappa shape index (κ1) is 21.6. The average Bonchev–Trinajstić information content (AvgIpc) is 3.22. The van der Waals surface area contributed by atoms with Crippen LogP contribution in [0.3, 0.4) is 0 Å². The molecule has 2 aromatic carbocycles. The van der Waals surface area contributed by atoms with Crippen LogP contribution in [0.5, 0.6) is 5.75 Å². The van der Waals surface area contributed by atoms with E-state index in [9.17, 15) is 9.59 Å². The first-order valence-electron chi connectivity index (χ1n) is 9.57. The number of H-pyrrole nitrogens is 1. The Labute approximate surface area is 179 Å². The molecule has 7 nitrogen and oxygen atoms in total. The normalized spacial score (nSPS) is 11.7. The zero-order chi connectivity index (χ0) is 21.5. The van der Waals surface area contributed by atoms with Crippen molar-refractivity contribution in [1.29, 1.82) is 0 Å². The molecule has 0 spiro atoms. The SMILES string of the molecule is COc1ccc(-c2nc(SC(C)C(=O)c3ccc(CCNC(C)=O)cc3)n[nH]2)cc1. The number of carbonyl (C=O) groups excluding carboxylic acids is 2. The topological polar surface area (TPSA) is 97.0 Å². The number of carbonyl (C=O) groups is 2. The van der Waals surface area contributed by atoms with Crippen molar-refractivity contribution in [2.24, 2.45) is 0 Å². The predicted octanol–water partition coefficient (Wildman–Crippen LogP) is 3.52. The summed E-state index contributed by atoms with van der Waals surface area (Å²) in [5, 5.41) is 10.1. The lowest BCUT2D eigenvalue weighted by Gasteiger charge is -2.09. The number of rotatable bonds is 9. The summed E-state index contributed by atoms with van der Waals surface area (Å²) in [4.78, 5) is 28.2. The van der Waals surface area contributed by atoms with Gasteiger partial charge in [0.2, 0.25) is 11.1 Å². The summed E-state index contributed by atoms with van der Waals surface area (Å²) in [6.45, 7) is 3.92. The third kappa shape index (κ3) is 5.70. The maximum Gasteiger partial charge on any atom is 0.216 e. The minimum absolute atomic E-state index is 0.0178. The van der Waals surface area contributed by atoms with Gasteiger partial charge in [0.05, 0.1) is 12.4 Å². The number of thioether (sulfide) groups is 1. The van der Waals surface area contributed by atoms with Gasteiger partial charge in [0.25, 0.3) is 0 Å². The van der Waals surface area contributed by atoms with Crippen molar-refractivity contribution in [1.82, 2.24) is 20.5 Å².